The largest absolute Gasteiger partial charge is 0.496 e. The number of nitrogens with one attached hydrogen (secondary N) is 1. The summed E-state index contributed by atoms with van der Waals surface area (Å²) in [4.78, 5) is 11.9. The predicted molar refractivity (Wildman–Crippen MR) is 74.9 cm³/mol. The van der Waals surface area contributed by atoms with Gasteiger partial charge in [0.25, 0.3) is 5.91 Å². The van der Waals surface area contributed by atoms with Crippen LogP contribution in [-0.4, -0.2) is 13.0 Å². The molecule has 0 aromatic heterocycles. The number of carbonyl (C=O) groups is 1. The number of rotatable bonds is 4. The van der Waals surface area contributed by atoms with E-state index in [1.165, 1.54) is 7.11 Å². The Morgan fingerprint density at radius 2 is 1.95 bits per heavy atom. The van der Waals surface area contributed by atoms with Gasteiger partial charge in [0.15, 0.2) is 5.82 Å². The highest BCUT2D eigenvalue weighted by Gasteiger charge is 2.19. The van der Waals surface area contributed by atoms with Crippen molar-refractivity contribution >= 4 is 11.6 Å². The summed E-state index contributed by atoms with van der Waals surface area (Å²) in [5, 5.41) is 2.44. The van der Waals surface area contributed by atoms with E-state index in [-0.39, 0.29) is 12.2 Å². The molecule has 0 fully saturated rings. The Kier molecular flexibility index (Phi) is 4.37. The van der Waals surface area contributed by atoms with Crippen molar-refractivity contribution < 1.29 is 18.3 Å². The van der Waals surface area contributed by atoms with E-state index in [0.717, 1.165) is 12.1 Å². The molecule has 0 bridgehead atoms. The van der Waals surface area contributed by atoms with Crippen molar-refractivity contribution in [2.45, 2.75) is 6.54 Å². The molecule has 21 heavy (non-hydrogen) atoms. The van der Waals surface area contributed by atoms with Crippen LogP contribution in [0.5, 0.6) is 5.75 Å². The van der Waals surface area contributed by atoms with Crippen LogP contribution >= 0.6 is 0 Å². The molecule has 0 spiro atoms. The Balaban J connectivity index is 2.18. The summed E-state index contributed by atoms with van der Waals surface area (Å²) < 4.78 is 32.4. The van der Waals surface area contributed by atoms with Crippen molar-refractivity contribution in [2.75, 3.05) is 12.8 Å². The van der Waals surface area contributed by atoms with Crippen LogP contribution in [0.1, 0.15) is 15.9 Å². The molecule has 1 amide bonds. The molecule has 4 nitrogen and oxygen atoms in total. The van der Waals surface area contributed by atoms with Crippen LogP contribution in [0, 0.1) is 11.6 Å². The minimum Gasteiger partial charge on any atom is -0.496 e. The monoisotopic (exact) mass is 292 g/mol. The number of hydrogen-bond donors (Lipinski definition) is 2. The standard InChI is InChI=1S/C15H14F2N2O2/c1-21-12-5-3-2-4-9(12)8-19-15(20)13-10(16)6-7-11(18)14(13)17/h2-7H,8,18H2,1H3,(H,19,20). The zero-order chi connectivity index (χ0) is 15.4. The summed E-state index contributed by atoms with van der Waals surface area (Å²) in [6.07, 6.45) is 0. The number of methoxy groups -OCH3 is 1. The number of para-hydroxylation sites is 1. The molecule has 0 radical (unpaired) electrons. The first-order chi connectivity index (χ1) is 10.0. The molecule has 0 aliphatic heterocycles. The second-order valence-electron chi connectivity index (χ2n) is 4.32. The average molecular weight is 292 g/mol. The van der Waals surface area contributed by atoms with Gasteiger partial charge in [0.05, 0.1) is 12.8 Å². The molecular formula is C15H14F2N2O2. The van der Waals surface area contributed by atoms with E-state index in [0.29, 0.717) is 11.3 Å². The summed E-state index contributed by atoms with van der Waals surface area (Å²) in [6, 6.07) is 9.04. The highest BCUT2D eigenvalue weighted by molar-refractivity contribution is 5.95. The number of nitrogen functional groups attached to an aromatic ring is 1. The molecule has 2 aromatic carbocycles. The van der Waals surface area contributed by atoms with Crippen LogP contribution in [0.3, 0.4) is 0 Å². The maximum absolute atomic E-state index is 13.7. The second kappa shape index (κ2) is 6.21. The highest BCUT2D eigenvalue weighted by atomic mass is 19.1. The third-order valence-corrected chi connectivity index (χ3v) is 2.98. The normalized spacial score (nSPS) is 10.2. The van der Waals surface area contributed by atoms with Crippen LogP contribution < -0.4 is 15.8 Å². The van der Waals surface area contributed by atoms with Gasteiger partial charge in [-0.2, -0.15) is 0 Å². The van der Waals surface area contributed by atoms with Crippen molar-refractivity contribution in [1.82, 2.24) is 5.32 Å². The number of nitrogens with two attached hydrogens (primary N) is 1. The van der Waals surface area contributed by atoms with Crippen LogP contribution in [-0.2, 0) is 6.54 Å². The fourth-order valence-electron chi connectivity index (χ4n) is 1.89. The average Bonchev–Trinajstić information content (AvgIpc) is 2.49. The summed E-state index contributed by atoms with van der Waals surface area (Å²) >= 11 is 0. The van der Waals surface area contributed by atoms with Crippen LogP contribution in [0.25, 0.3) is 0 Å². The number of carbonyl (C=O) groups excluding carboxylic acids is 1. The predicted octanol–water partition coefficient (Wildman–Crippen LogP) is 2.49. The topological polar surface area (TPSA) is 64.3 Å². The maximum Gasteiger partial charge on any atom is 0.257 e. The lowest BCUT2D eigenvalue weighted by Crippen LogP contribution is -2.25. The SMILES string of the molecule is COc1ccccc1CNC(=O)c1c(F)ccc(N)c1F. The van der Waals surface area contributed by atoms with Gasteiger partial charge in [-0.3, -0.25) is 4.79 Å². The summed E-state index contributed by atoms with van der Waals surface area (Å²) in [6.45, 7) is 0.0799. The fourth-order valence-corrected chi connectivity index (χ4v) is 1.89. The van der Waals surface area contributed by atoms with Gasteiger partial charge in [-0.05, 0) is 18.2 Å². The summed E-state index contributed by atoms with van der Waals surface area (Å²) in [5.41, 5.74) is 5.06. The van der Waals surface area contributed by atoms with Gasteiger partial charge in [-0.25, -0.2) is 8.78 Å². The van der Waals surface area contributed by atoms with Crippen molar-refractivity contribution in [2.24, 2.45) is 0 Å². The Bertz CT molecular complexity index is 675. The van der Waals surface area contributed by atoms with Crippen LogP contribution in [0.4, 0.5) is 14.5 Å². The zero-order valence-corrected chi connectivity index (χ0v) is 11.3. The smallest absolute Gasteiger partial charge is 0.257 e. The molecule has 0 unspecified atom stereocenters. The van der Waals surface area contributed by atoms with E-state index >= 15 is 0 Å². The number of anilines is 1. The molecule has 3 N–H and O–H groups in total. The van der Waals surface area contributed by atoms with Gasteiger partial charge < -0.3 is 15.8 Å². The maximum atomic E-state index is 13.7. The lowest BCUT2D eigenvalue weighted by molar-refractivity contribution is 0.0942. The van der Waals surface area contributed by atoms with Crippen LogP contribution in [0.2, 0.25) is 0 Å². The van der Waals surface area contributed by atoms with Gasteiger partial charge in [-0.15, -0.1) is 0 Å². The Hall–Kier alpha value is -2.63. The first-order valence-corrected chi connectivity index (χ1v) is 6.18. The molecular weight excluding hydrogens is 278 g/mol. The van der Waals surface area contributed by atoms with Gasteiger partial charge >= 0.3 is 0 Å². The summed E-state index contributed by atoms with van der Waals surface area (Å²) in [5.74, 6) is -2.32. The van der Waals surface area contributed by atoms with Gasteiger partial charge in [-0.1, -0.05) is 18.2 Å². The molecule has 110 valence electrons. The molecule has 0 saturated heterocycles. The number of halogens is 2. The first kappa shape index (κ1) is 14.8. The third-order valence-electron chi connectivity index (χ3n) is 2.98. The van der Waals surface area contributed by atoms with Crippen molar-refractivity contribution in [3.63, 3.8) is 0 Å². The van der Waals surface area contributed by atoms with Crippen molar-refractivity contribution in [1.29, 1.82) is 0 Å². The first-order valence-electron chi connectivity index (χ1n) is 6.18. The molecule has 0 aliphatic rings. The van der Waals surface area contributed by atoms with E-state index < -0.39 is 23.1 Å². The number of benzene rings is 2. The van der Waals surface area contributed by atoms with E-state index in [2.05, 4.69) is 5.32 Å². The van der Waals surface area contributed by atoms with Gasteiger partial charge in [0, 0.05) is 12.1 Å². The molecule has 2 rings (SSSR count). The van der Waals surface area contributed by atoms with E-state index in [9.17, 15) is 13.6 Å². The highest BCUT2D eigenvalue weighted by Crippen LogP contribution is 2.20. The summed E-state index contributed by atoms with van der Waals surface area (Å²) in [7, 11) is 1.50. The lowest BCUT2D eigenvalue weighted by atomic mass is 10.1. The Morgan fingerprint density at radius 3 is 2.67 bits per heavy atom. The molecule has 0 heterocycles. The third kappa shape index (κ3) is 3.10. The number of amides is 1. The molecule has 2 aromatic rings. The van der Waals surface area contributed by atoms with Crippen LogP contribution in [0.15, 0.2) is 36.4 Å². The molecule has 0 saturated carbocycles. The second-order valence-corrected chi connectivity index (χ2v) is 4.32. The van der Waals surface area contributed by atoms with E-state index in [1.807, 2.05) is 0 Å². The minimum atomic E-state index is -1.06. The number of hydrogen-bond acceptors (Lipinski definition) is 3. The number of ether oxygens (including phenoxy) is 1. The van der Waals surface area contributed by atoms with E-state index in [1.54, 1.807) is 24.3 Å². The quantitative estimate of drug-likeness (QED) is 0.851. The molecule has 6 heteroatoms. The Labute approximate surface area is 120 Å². The minimum absolute atomic E-state index is 0.0799. The lowest BCUT2D eigenvalue weighted by Gasteiger charge is -2.11. The molecule has 0 aliphatic carbocycles. The Morgan fingerprint density at radius 1 is 1.24 bits per heavy atom. The fraction of sp³-hybridized carbons (Fsp3) is 0.133. The zero-order valence-electron chi connectivity index (χ0n) is 11.3. The van der Waals surface area contributed by atoms with Gasteiger partial charge in [0.2, 0.25) is 0 Å². The van der Waals surface area contributed by atoms with E-state index in [4.69, 9.17) is 10.5 Å². The van der Waals surface area contributed by atoms with Crippen molar-refractivity contribution in [3.05, 3.63) is 59.2 Å². The van der Waals surface area contributed by atoms with Gasteiger partial charge in [0.1, 0.15) is 17.1 Å². The van der Waals surface area contributed by atoms with Crippen molar-refractivity contribution in [3.8, 4) is 5.75 Å². The molecule has 0 atom stereocenters.